The molecule has 1 N–H and O–H groups in total. The number of hydrogen-bond donors (Lipinski definition) is 1. The predicted octanol–water partition coefficient (Wildman–Crippen LogP) is 1.67. The molecule has 3 rings (SSSR count). The molecule has 0 saturated heterocycles. The van der Waals surface area contributed by atoms with Crippen LogP contribution >= 0.6 is 0 Å². The minimum Gasteiger partial charge on any atom is -0.486 e. The van der Waals surface area contributed by atoms with Crippen LogP contribution in [0.15, 0.2) is 18.2 Å². The first kappa shape index (κ1) is 11.4. The van der Waals surface area contributed by atoms with Gasteiger partial charge in [0.15, 0.2) is 11.5 Å². The van der Waals surface area contributed by atoms with Gasteiger partial charge in [0.25, 0.3) is 0 Å². The van der Waals surface area contributed by atoms with E-state index in [0.717, 1.165) is 36.3 Å². The van der Waals surface area contributed by atoms with Gasteiger partial charge in [0.2, 0.25) is 5.91 Å². The van der Waals surface area contributed by atoms with Crippen molar-refractivity contribution < 1.29 is 14.3 Å². The summed E-state index contributed by atoms with van der Waals surface area (Å²) in [6.45, 7) is 1.20. The third kappa shape index (κ3) is 2.75. The Kier molecular flexibility index (Phi) is 3.09. The SMILES string of the molecule is O=C(CCc1ccc2c(c1)OCCO2)NC1CC1. The first-order valence-corrected chi connectivity index (χ1v) is 6.49. The lowest BCUT2D eigenvalue weighted by Crippen LogP contribution is -2.25. The second kappa shape index (κ2) is 4.88. The first-order valence-electron chi connectivity index (χ1n) is 6.49. The number of ether oxygens (including phenoxy) is 2. The number of carbonyl (C=O) groups excluding carboxylic acids is 1. The summed E-state index contributed by atoms with van der Waals surface area (Å²) in [7, 11) is 0. The Morgan fingerprint density at radius 2 is 2.00 bits per heavy atom. The van der Waals surface area contributed by atoms with Gasteiger partial charge in [-0.15, -0.1) is 0 Å². The van der Waals surface area contributed by atoms with E-state index in [1.54, 1.807) is 0 Å². The zero-order chi connectivity index (χ0) is 12.4. The van der Waals surface area contributed by atoms with Crippen LogP contribution in [0.4, 0.5) is 0 Å². The molecule has 1 aliphatic carbocycles. The van der Waals surface area contributed by atoms with Gasteiger partial charge in [-0.3, -0.25) is 4.79 Å². The van der Waals surface area contributed by atoms with Crippen molar-refractivity contribution in [3.63, 3.8) is 0 Å². The smallest absolute Gasteiger partial charge is 0.220 e. The van der Waals surface area contributed by atoms with Crippen LogP contribution in [0, 0.1) is 0 Å². The van der Waals surface area contributed by atoms with Crippen LogP contribution in [0.25, 0.3) is 0 Å². The molecule has 0 spiro atoms. The van der Waals surface area contributed by atoms with Gasteiger partial charge in [0, 0.05) is 12.5 Å². The average molecular weight is 247 g/mol. The molecule has 0 bridgehead atoms. The van der Waals surface area contributed by atoms with Crippen LogP contribution in [-0.2, 0) is 11.2 Å². The summed E-state index contributed by atoms with van der Waals surface area (Å²) in [5.74, 6) is 1.74. The molecule has 0 aromatic heterocycles. The Morgan fingerprint density at radius 1 is 1.22 bits per heavy atom. The number of aryl methyl sites for hydroxylation is 1. The van der Waals surface area contributed by atoms with Gasteiger partial charge >= 0.3 is 0 Å². The van der Waals surface area contributed by atoms with Crippen molar-refractivity contribution in [1.29, 1.82) is 0 Å². The molecule has 4 nitrogen and oxygen atoms in total. The van der Waals surface area contributed by atoms with E-state index in [1.807, 2.05) is 18.2 Å². The van der Waals surface area contributed by atoms with Crippen molar-refractivity contribution >= 4 is 5.91 Å². The van der Waals surface area contributed by atoms with E-state index >= 15 is 0 Å². The lowest BCUT2D eigenvalue weighted by Gasteiger charge is -2.18. The molecule has 1 aliphatic heterocycles. The quantitative estimate of drug-likeness (QED) is 0.880. The Hall–Kier alpha value is -1.71. The number of nitrogens with one attached hydrogen (secondary N) is 1. The second-order valence-corrected chi connectivity index (χ2v) is 4.82. The summed E-state index contributed by atoms with van der Waals surface area (Å²) >= 11 is 0. The molecule has 1 aromatic carbocycles. The van der Waals surface area contributed by atoms with Crippen molar-refractivity contribution in [1.82, 2.24) is 5.32 Å². The number of benzene rings is 1. The highest BCUT2D eigenvalue weighted by molar-refractivity contribution is 5.76. The van der Waals surface area contributed by atoms with Crippen molar-refractivity contribution in [2.75, 3.05) is 13.2 Å². The average Bonchev–Trinajstić information content (AvgIpc) is 3.20. The summed E-state index contributed by atoms with van der Waals surface area (Å²) in [4.78, 5) is 11.6. The summed E-state index contributed by atoms with van der Waals surface area (Å²) in [5.41, 5.74) is 1.12. The topological polar surface area (TPSA) is 47.6 Å². The number of rotatable bonds is 4. The Labute approximate surface area is 106 Å². The zero-order valence-corrected chi connectivity index (χ0v) is 10.3. The van der Waals surface area contributed by atoms with Crippen LogP contribution < -0.4 is 14.8 Å². The van der Waals surface area contributed by atoms with Gasteiger partial charge in [-0.25, -0.2) is 0 Å². The summed E-state index contributed by atoms with van der Waals surface area (Å²) in [6.07, 6.45) is 3.55. The van der Waals surface area contributed by atoms with E-state index in [-0.39, 0.29) is 5.91 Å². The minimum atomic E-state index is 0.146. The lowest BCUT2D eigenvalue weighted by molar-refractivity contribution is -0.121. The Morgan fingerprint density at radius 3 is 2.78 bits per heavy atom. The Balaban J connectivity index is 1.56. The highest BCUT2D eigenvalue weighted by Crippen LogP contribution is 2.31. The maximum Gasteiger partial charge on any atom is 0.220 e. The number of carbonyl (C=O) groups is 1. The van der Waals surface area contributed by atoms with Gasteiger partial charge in [0.05, 0.1) is 0 Å². The van der Waals surface area contributed by atoms with E-state index in [0.29, 0.717) is 25.7 Å². The fourth-order valence-corrected chi connectivity index (χ4v) is 2.03. The maximum absolute atomic E-state index is 11.6. The Bertz CT molecular complexity index is 454. The fourth-order valence-electron chi connectivity index (χ4n) is 2.03. The summed E-state index contributed by atoms with van der Waals surface area (Å²) in [6, 6.07) is 6.33. The second-order valence-electron chi connectivity index (χ2n) is 4.82. The molecular weight excluding hydrogens is 230 g/mol. The summed E-state index contributed by atoms with van der Waals surface area (Å²) in [5, 5.41) is 2.99. The van der Waals surface area contributed by atoms with Crippen molar-refractivity contribution in [3.05, 3.63) is 23.8 Å². The standard InChI is InChI=1S/C14H17NO3/c16-14(15-11-3-4-11)6-2-10-1-5-12-13(9-10)18-8-7-17-12/h1,5,9,11H,2-4,6-8H2,(H,15,16). The number of hydrogen-bond acceptors (Lipinski definition) is 3. The first-order chi connectivity index (χ1) is 8.81. The molecule has 1 amide bonds. The van der Waals surface area contributed by atoms with Gasteiger partial charge in [-0.05, 0) is 37.0 Å². The van der Waals surface area contributed by atoms with Crippen molar-refractivity contribution in [2.45, 2.75) is 31.7 Å². The van der Waals surface area contributed by atoms with E-state index in [4.69, 9.17) is 9.47 Å². The lowest BCUT2D eigenvalue weighted by atomic mass is 10.1. The van der Waals surface area contributed by atoms with Gasteiger partial charge < -0.3 is 14.8 Å². The third-order valence-electron chi connectivity index (χ3n) is 3.19. The van der Waals surface area contributed by atoms with Crippen LogP contribution in [0.5, 0.6) is 11.5 Å². The van der Waals surface area contributed by atoms with Gasteiger partial charge in [-0.1, -0.05) is 6.07 Å². The predicted molar refractivity (Wildman–Crippen MR) is 66.9 cm³/mol. The number of amides is 1. The molecule has 1 saturated carbocycles. The van der Waals surface area contributed by atoms with Crippen LogP contribution in [-0.4, -0.2) is 25.2 Å². The van der Waals surface area contributed by atoms with E-state index in [9.17, 15) is 4.79 Å². The molecular formula is C14H17NO3. The maximum atomic E-state index is 11.6. The minimum absolute atomic E-state index is 0.146. The molecule has 2 aliphatic rings. The third-order valence-corrected chi connectivity index (χ3v) is 3.19. The van der Waals surface area contributed by atoms with E-state index < -0.39 is 0 Å². The van der Waals surface area contributed by atoms with Crippen LogP contribution in [0.3, 0.4) is 0 Å². The fraction of sp³-hybridized carbons (Fsp3) is 0.500. The van der Waals surface area contributed by atoms with E-state index in [1.165, 1.54) is 0 Å². The number of fused-ring (bicyclic) bond motifs is 1. The molecule has 0 radical (unpaired) electrons. The normalized spacial score (nSPS) is 17.3. The highest BCUT2D eigenvalue weighted by atomic mass is 16.6. The molecule has 1 fully saturated rings. The van der Waals surface area contributed by atoms with Crippen molar-refractivity contribution in [2.24, 2.45) is 0 Å². The molecule has 4 heteroatoms. The molecule has 96 valence electrons. The highest BCUT2D eigenvalue weighted by Gasteiger charge is 2.22. The van der Waals surface area contributed by atoms with Crippen LogP contribution in [0.2, 0.25) is 0 Å². The van der Waals surface area contributed by atoms with Crippen molar-refractivity contribution in [3.8, 4) is 11.5 Å². The molecule has 0 unspecified atom stereocenters. The largest absolute Gasteiger partial charge is 0.486 e. The monoisotopic (exact) mass is 247 g/mol. The molecule has 18 heavy (non-hydrogen) atoms. The van der Waals surface area contributed by atoms with E-state index in [2.05, 4.69) is 5.32 Å². The molecule has 1 heterocycles. The zero-order valence-electron chi connectivity index (χ0n) is 10.3. The van der Waals surface area contributed by atoms with Gasteiger partial charge in [-0.2, -0.15) is 0 Å². The van der Waals surface area contributed by atoms with Crippen LogP contribution in [0.1, 0.15) is 24.8 Å². The molecule has 0 atom stereocenters. The van der Waals surface area contributed by atoms with Gasteiger partial charge in [0.1, 0.15) is 13.2 Å². The molecule has 1 aromatic rings. The summed E-state index contributed by atoms with van der Waals surface area (Å²) < 4.78 is 11.0.